The Bertz CT molecular complexity index is 1330. The Morgan fingerprint density at radius 2 is 1.68 bits per heavy atom. The van der Waals surface area contributed by atoms with E-state index in [2.05, 4.69) is 13.8 Å². The van der Waals surface area contributed by atoms with Crippen molar-refractivity contribution < 1.29 is 18.0 Å². The van der Waals surface area contributed by atoms with Crippen LogP contribution in [-0.4, -0.2) is 15.7 Å². The van der Waals surface area contributed by atoms with Gasteiger partial charge in [0.25, 0.3) is 0 Å². The monoisotopic (exact) mass is 485 g/mol. The molecule has 0 radical (unpaired) electrons. The van der Waals surface area contributed by atoms with Crippen molar-refractivity contribution in [3.63, 3.8) is 0 Å². The first kappa shape index (κ1) is 23.8. The van der Waals surface area contributed by atoms with E-state index in [4.69, 9.17) is 22.4 Å². The smallest absolute Gasteiger partial charge is 0.366 e. The lowest BCUT2D eigenvalue weighted by Crippen LogP contribution is -2.15. The van der Waals surface area contributed by atoms with Gasteiger partial charge in [0.2, 0.25) is 5.91 Å². The lowest BCUT2D eigenvalue weighted by atomic mass is 9.96. The zero-order chi connectivity index (χ0) is 24.6. The molecule has 4 rings (SSSR count). The molecular weight excluding hydrogens is 463 g/mol. The van der Waals surface area contributed by atoms with Crippen LogP contribution in [0.5, 0.6) is 0 Å². The van der Waals surface area contributed by atoms with E-state index >= 15 is 0 Å². The molecule has 2 N–H and O–H groups in total. The number of aromatic nitrogens is 2. The summed E-state index contributed by atoms with van der Waals surface area (Å²) in [5.41, 5.74) is 7.97. The Labute approximate surface area is 200 Å². The molecule has 0 saturated heterocycles. The van der Waals surface area contributed by atoms with Crippen LogP contribution in [0, 0.1) is 5.92 Å². The van der Waals surface area contributed by atoms with E-state index in [1.54, 1.807) is 18.2 Å². The van der Waals surface area contributed by atoms with Gasteiger partial charge in [-0.1, -0.05) is 55.8 Å². The topological polar surface area (TPSA) is 60.9 Å². The molecular formula is C26H23ClF3N3O. The molecule has 0 saturated carbocycles. The lowest BCUT2D eigenvalue weighted by molar-refractivity contribution is -0.137. The van der Waals surface area contributed by atoms with E-state index in [1.165, 1.54) is 12.1 Å². The van der Waals surface area contributed by atoms with E-state index in [1.807, 2.05) is 29.1 Å². The van der Waals surface area contributed by atoms with Gasteiger partial charge in [0.1, 0.15) is 0 Å². The number of hydrogen-bond acceptors (Lipinski definition) is 2. The second-order valence-electron chi connectivity index (χ2n) is 8.68. The maximum Gasteiger partial charge on any atom is 0.416 e. The molecule has 0 fully saturated rings. The van der Waals surface area contributed by atoms with Gasteiger partial charge in [-0.3, -0.25) is 9.48 Å². The summed E-state index contributed by atoms with van der Waals surface area (Å²) in [7, 11) is 0. The fraction of sp³-hybridized carbons (Fsp3) is 0.231. The molecule has 1 heterocycles. The number of fused-ring (bicyclic) bond motifs is 1. The fourth-order valence-electron chi connectivity index (χ4n) is 4.01. The summed E-state index contributed by atoms with van der Waals surface area (Å²) >= 11 is 6.70. The van der Waals surface area contributed by atoms with Crippen LogP contribution in [0.1, 0.15) is 47.8 Å². The number of primary amides is 1. The number of nitrogens with zero attached hydrogens (tertiary/aromatic N) is 2. The zero-order valence-corrected chi connectivity index (χ0v) is 19.4. The summed E-state index contributed by atoms with van der Waals surface area (Å²) < 4.78 is 40.6. The third-order valence-electron chi connectivity index (χ3n) is 5.76. The molecule has 4 nitrogen and oxygen atoms in total. The van der Waals surface area contributed by atoms with Gasteiger partial charge < -0.3 is 5.73 Å². The Morgan fingerprint density at radius 3 is 2.24 bits per heavy atom. The molecule has 3 aromatic carbocycles. The standard InChI is InChI=1S/C26H23ClF3N3O/c1-15(2)13-23(17-3-5-18(6-4-17)25(31)34)33-14-21-22(32-33)12-11-20(24(21)27)16-7-9-19(10-8-16)26(28,29)30/h3-12,14-15,23H,13H2,1-2H3,(H2,31,34). The highest BCUT2D eigenvalue weighted by atomic mass is 35.5. The molecule has 34 heavy (non-hydrogen) atoms. The van der Waals surface area contributed by atoms with Gasteiger partial charge >= 0.3 is 6.18 Å². The quantitative estimate of drug-likeness (QED) is 0.316. The van der Waals surface area contributed by atoms with E-state index in [-0.39, 0.29) is 6.04 Å². The largest absolute Gasteiger partial charge is 0.416 e. The van der Waals surface area contributed by atoms with Gasteiger partial charge in [0.15, 0.2) is 0 Å². The van der Waals surface area contributed by atoms with Crippen molar-refractivity contribution >= 4 is 28.4 Å². The molecule has 176 valence electrons. The summed E-state index contributed by atoms with van der Waals surface area (Å²) in [6, 6.07) is 15.6. The number of benzene rings is 3. The molecule has 0 bridgehead atoms. The third-order valence-corrected chi connectivity index (χ3v) is 6.17. The number of alkyl halides is 3. The van der Waals surface area contributed by atoms with Crippen molar-refractivity contribution in [2.24, 2.45) is 11.7 Å². The van der Waals surface area contributed by atoms with Crippen LogP contribution in [0.2, 0.25) is 5.02 Å². The summed E-state index contributed by atoms with van der Waals surface area (Å²) in [5.74, 6) is -0.120. The average molecular weight is 486 g/mol. The van der Waals surface area contributed by atoms with Crippen molar-refractivity contribution in [3.8, 4) is 11.1 Å². The maximum atomic E-state index is 12.9. The molecule has 8 heteroatoms. The minimum Gasteiger partial charge on any atom is -0.366 e. The molecule has 1 amide bonds. The molecule has 0 spiro atoms. The lowest BCUT2D eigenvalue weighted by Gasteiger charge is -2.20. The van der Waals surface area contributed by atoms with Crippen molar-refractivity contribution in [3.05, 3.63) is 88.6 Å². The minimum atomic E-state index is -4.39. The number of halogens is 4. The third kappa shape index (κ3) is 4.80. The normalized spacial score (nSPS) is 12.9. The molecule has 1 atom stereocenters. The van der Waals surface area contributed by atoms with Crippen molar-refractivity contribution in [1.29, 1.82) is 0 Å². The highest BCUT2D eigenvalue weighted by Crippen LogP contribution is 2.37. The van der Waals surface area contributed by atoms with Gasteiger partial charge in [0.05, 0.1) is 22.1 Å². The Kier molecular flexibility index (Phi) is 6.41. The summed E-state index contributed by atoms with van der Waals surface area (Å²) in [4.78, 5) is 11.4. The zero-order valence-electron chi connectivity index (χ0n) is 18.6. The molecule has 0 aliphatic carbocycles. The molecule has 0 aliphatic heterocycles. The predicted octanol–water partition coefficient (Wildman–Crippen LogP) is 7.11. The first-order valence-corrected chi connectivity index (χ1v) is 11.2. The molecule has 1 unspecified atom stereocenters. The number of hydrogen-bond donors (Lipinski definition) is 1. The van der Waals surface area contributed by atoms with Crippen molar-refractivity contribution in [2.45, 2.75) is 32.5 Å². The van der Waals surface area contributed by atoms with Gasteiger partial charge in [-0.2, -0.15) is 18.3 Å². The maximum absolute atomic E-state index is 12.9. The first-order chi connectivity index (χ1) is 16.0. The Morgan fingerprint density at radius 1 is 1.03 bits per heavy atom. The van der Waals surface area contributed by atoms with Crippen LogP contribution in [0.4, 0.5) is 13.2 Å². The molecule has 0 aliphatic rings. The average Bonchev–Trinajstić information content (AvgIpc) is 3.22. The SMILES string of the molecule is CC(C)CC(c1ccc(C(N)=O)cc1)n1cc2c(Cl)c(-c3ccc(C(F)(F)F)cc3)ccc2n1. The predicted molar refractivity (Wildman–Crippen MR) is 128 cm³/mol. The molecule has 4 aromatic rings. The fourth-order valence-corrected chi connectivity index (χ4v) is 4.33. The van der Waals surface area contributed by atoms with Crippen LogP contribution in [0.3, 0.4) is 0 Å². The Balaban J connectivity index is 1.74. The van der Waals surface area contributed by atoms with Crippen LogP contribution in [0.25, 0.3) is 22.0 Å². The van der Waals surface area contributed by atoms with Crippen LogP contribution < -0.4 is 5.73 Å². The van der Waals surface area contributed by atoms with Gasteiger partial charge in [-0.25, -0.2) is 0 Å². The van der Waals surface area contributed by atoms with Crippen LogP contribution >= 0.6 is 11.6 Å². The number of amides is 1. The van der Waals surface area contributed by atoms with Crippen molar-refractivity contribution in [2.75, 3.05) is 0 Å². The van der Waals surface area contributed by atoms with E-state index in [0.29, 0.717) is 38.5 Å². The highest BCUT2D eigenvalue weighted by Gasteiger charge is 2.30. The minimum absolute atomic E-state index is 0.0973. The number of carbonyl (C=O) groups is 1. The summed E-state index contributed by atoms with van der Waals surface area (Å²) in [6.07, 6.45) is -1.73. The Hall–Kier alpha value is -3.32. The van der Waals surface area contributed by atoms with Crippen LogP contribution in [-0.2, 0) is 6.18 Å². The number of carbonyl (C=O) groups excluding carboxylic acids is 1. The molecule has 1 aromatic heterocycles. The van der Waals surface area contributed by atoms with E-state index in [9.17, 15) is 18.0 Å². The highest BCUT2D eigenvalue weighted by molar-refractivity contribution is 6.38. The van der Waals surface area contributed by atoms with Crippen molar-refractivity contribution in [1.82, 2.24) is 9.78 Å². The van der Waals surface area contributed by atoms with Crippen LogP contribution in [0.15, 0.2) is 66.9 Å². The number of rotatable bonds is 6. The van der Waals surface area contributed by atoms with Gasteiger partial charge in [-0.15, -0.1) is 0 Å². The second kappa shape index (κ2) is 9.14. The summed E-state index contributed by atoms with van der Waals surface area (Å²) in [6.45, 7) is 4.23. The number of nitrogens with two attached hydrogens (primary N) is 1. The van der Waals surface area contributed by atoms with Gasteiger partial charge in [0, 0.05) is 22.7 Å². The van der Waals surface area contributed by atoms with E-state index in [0.717, 1.165) is 24.1 Å². The second-order valence-corrected chi connectivity index (χ2v) is 9.05. The van der Waals surface area contributed by atoms with Gasteiger partial charge in [-0.05, 0) is 53.8 Å². The van der Waals surface area contributed by atoms with E-state index < -0.39 is 17.6 Å². The first-order valence-electron chi connectivity index (χ1n) is 10.8. The summed E-state index contributed by atoms with van der Waals surface area (Å²) in [5, 5.41) is 5.87.